The zero-order valence-corrected chi connectivity index (χ0v) is 12.7. The molecule has 0 fully saturated rings. The van der Waals surface area contributed by atoms with Crippen molar-refractivity contribution in [2.75, 3.05) is 17.7 Å². The van der Waals surface area contributed by atoms with Crippen molar-refractivity contribution in [2.24, 2.45) is 0 Å². The van der Waals surface area contributed by atoms with E-state index in [0.717, 1.165) is 6.42 Å². The number of nitrogens with one attached hydrogen (secondary N) is 1. The van der Waals surface area contributed by atoms with E-state index in [1.165, 1.54) is 18.5 Å². The molecule has 1 heterocycles. The fourth-order valence-electron chi connectivity index (χ4n) is 1.56. The summed E-state index contributed by atoms with van der Waals surface area (Å²) in [6.45, 7) is 2.47. The average Bonchev–Trinajstić information content (AvgIpc) is 2.45. The van der Waals surface area contributed by atoms with Gasteiger partial charge in [-0.15, -0.1) is 0 Å². The van der Waals surface area contributed by atoms with Crippen molar-refractivity contribution in [1.29, 1.82) is 0 Å². The molecule has 0 aliphatic rings. The third-order valence-electron chi connectivity index (χ3n) is 2.54. The molecule has 0 saturated heterocycles. The van der Waals surface area contributed by atoms with Gasteiger partial charge in [0, 0.05) is 5.69 Å². The van der Waals surface area contributed by atoms with Crippen molar-refractivity contribution in [3.05, 3.63) is 34.3 Å². The number of hydrogen-bond donors (Lipinski definition) is 2. The smallest absolute Gasteiger partial charge is 0.242 e. The maximum Gasteiger partial charge on any atom is 0.242 e. The molecular weight excluding hydrogens is 318 g/mol. The Morgan fingerprint density at radius 2 is 1.95 bits per heavy atom. The Balaban J connectivity index is 2.27. The first-order valence-corrected chi connectivity index (χ1v) is 6.93. The number of nitrogens with two attached hydrogens (primary N) is 1. The SMILES string of the molecule is CCCOc1ncnc(Nc2cc(Cl)c(F)c(Cl)c2)c1N. The lowest BCUT2D eigenvalue weighted by atomic mass is 10.3. The second-order valence-corrected chi connectivity index (χ2v) is 4.98. The van der Waals surface area contributed by atoms with Crippen molar-refractivity contribution in [3.8, 4) is 5.88 Å². The molecule has 0 aliphatic carbocycles. The number of benzene rings is 1. The average molecular weight is 331 g/mol. The number of aromatic nitrogens is 2. The van der Waals surface area contributed by atoms with Gasteiger partial charge in [-0.3, -0.25) is 0 Å². The molecule has 112 valence electrons. The first-order chi connectivity index (χ1) is 10.0. The topological polar surface area (TPSA) is 73.1 Å². The normalized spacial score (nSPS) is 10.5. The Morgan fingerprint density at radius 1 is 1.29 bits per heavy atom. The van der Waals surface area contributed by atoms with E-state index in [1.807, 2.05) is 6.92 Å². The molecule has 0 radical (unpaired) electrons. The van der Waals surface area contributed by atoms with E-state index in [2.05, 4.69) is 15.3 Å². The molecule has 0 atom stereocenters. The van der Waals surface area contributed by atoms with Crippen molar-refractivity contribution >= 4 is 40.4 Å². The predicted molar refractivity (Wildman–Crippen MR) is 81.9 cm³/mol. The van der Waals surface area contributed by atoms with Crippen molar-refractivity contribution in [2.45, 2.75) is 13.3 Å². The highest BCUT2D eigenvalue weighted by Crippen LogP contribution is 2.31. The van der Waals surface area contributed by atoms with Crippen LogP contribution in [0.5, 0.6) is 5.88 Å². The van der Waals surface area contributed by atoms with E-state index < -0.39 is 5.82 Å². The van der Waals surface area contributed by atoms with Gasteiger partial charge in [-0.25, -0.2) is 9.37 Å². The predicted octanol–water partition coefficient (Wildman–Crippen LogP) is 4.04. The molecule has 1 aromatic carbocycles. The molecule has 0 amide bonds. The van der Waals surface area contributed by atoms with Crippen molar-refractivity contribution in [1.82, 2.24) is 9.97 Å². The van der Waals surface area contributed by atoms with Crippen LogP contribution in [0.25, 0.3) is 0 Å². The van der Waals surface area contributed by atoms with Crippen LogP contribution in [0, 0.1) is 5.82 Å². The van der Waals surface area contributed by atoms with Crippen LogP contribution in [0.15, 0.2) is 18.5 Å². The third-order valence-corrected chi connectivity index (χ3v) is 3.09. The molecule has 21 heavy (non-hydrogen) atoms. The summed E-state index contributed by atoms with van der Waals surface area (Å²) in [7, 11) is 0. The molecule has 0 bridgehead atoms. The highest BCUT2D eigenvalue weighted by atomic mass is 35.5. The lowest BCUT2D eigenvalue weighted by Gasteiger charge is -2.12. The standard InChI is InChI=1S/C13H13Cl2FN4O/c1-2-3-21-13-11(17)12(18-6-19-13)20-7-4-8(14)10(16)9(15)5-7/h4-6H,2-3,17H2,1H3,(H,18,19,20). The monoisotopic (exact) mass is 330 g/mol. The Labute approximate surface area is 131 Å². The molecular formula is C13H13Cl2FN4O. The molecule has 0 aliphatic heterocycles. The largest absolute Gasteiger partial charge is 0.476 e. The van der Waals surface area contributed by atoms with Crippen LogP contribution >= 0.6 is 23.2 Å². The second-order valence-electron chi connectivity index (χ2n) is 4.17. The fourth-order valence-corrected chi connectivity index (χ4v) is 2.04. The van der Waals surface area contributed by atoms with Crippen molar-refractivity contribution < 1.29 is 9.13 Å². The summed E-state index contributed by atoms with van der Waals surface area (Å²) < 4.78 is 18.8. The minimum Gasteiger partial charge on any atom is -0.476 e. The minimum atomic E-state index is -0.675. The van der Waals surface area contributed by atoms with Gasteiger partial charge in [0.05, 0.1) is 16.7 Å². The summed E-state index contributed by atoms with van der Waals surface area (Å²) in [5, 5.41) is 2.71. The molecule has 0 unspecified atom stereocenters. The lowest BCUT2D eigenvalue weighted by Crippen LogP contribution is -2.06. The van der Waals surface area contributed by atoms with Crippen LogP contribution < -0.4 is 15.8 Å². The van der Waals surface area contributed by atoms with Crippen LogP contribution in [0.1, 0.15) is 13.3 Å². The fraction of sp³-hybridized carbons (Fsp3) is 0.231. The molecule has 5 nitrogen and oxygen atoms in total. The maximum atomic E-state index is 13.4. The summed E-state index contributed by atoms with van der Waals surface area (Å²) in [5.74, 6) is -0.0602. The number of ether oxygens (including phenoxy) is 1. The van der Waals surface area contributed by atoms with Gasteiger partial charge in [0.15, 0.2) is 11.6 Å². The molecule has 3 N–H and O–H groups in total. The molecule has 0 spiro atoms. The van der Waals surface area contributed by atoms with E-state index in [9.17, 15) is 4.39 Å². The number of nitrogen functional groups attached to an aromatic ring is 1. The summed E-state index contributed by atoms with van der Waals surface area (Å²) in [6, 6.07) is 2.77. The van der Waals surface area contributed by atoms with Gasteiger partial charge in [-0.1, -0.05) is 30.1 Å². The zero-order chi connectivity index (χ0) is 15.4. The van der Waals surface area contributed by atoms with Gasteiger partial charge in [0.1, 0.15) is 12.0 Å². The number of halogens is 3. The van der Waals surface area contributed by atoms with E-state index in [4.69, 9.17) is 33.7 Å². The van der Waals surface area contributed by atoms with Gasteiger partial charge in [-0.05, 0) is 18.6 Å². The maximum absolute atomic E-state index is 13.4. The highest BCUT2D eigenvalue weighted by Gasteiger charge is 2.12. The Hall–Kier alpha value is -1.79. The first-order valence-electron chi connectivity index (χ1n) is 6.17. The summed E-state index contributed by atoms with van der Waals surface area (Å²) in [4.78, 5) is 7.97. The Morgan fingerprint density at radius 3 is 2.57 bits per heavy atom. The minimum absolute atomic E-state index is 0.0971. The van der Waals surface area contributed by atoms with E-state index in [0.29, 0.717) is 18.1 Å². The highest BCUT2D eigenvalue weighted by molar-refractivity contribution is 6.35. The Kier molecular flexibility index (Phi) is 5.03. The quantitative estimate of drug-likeness (QED) is 0.809. The molecule has 8 heteroatoms. The second kappa shape index (κ2) is 6.78. The summed E-state index contributed by atoms with van der Waals surface area (Å²) in [6.07, 6.45) is 2.14. The van der Waals surface area contributed by atoms with Crippen molar-refractivity contribution in [3.63, 3.8) is 0 Å². The number of anilines is 3. The van der Waals surface area contributed by atoms with Gasteiger partial charge < -0.3 is 15.8 Å². The van der Waals surface area contributed by atoms with Gasteiger partial charge >= 0.3 is 0 Å². The zero-order valence-electron chi connectivity index (χ0n) is 11.2. The third kappa shape index (κ3) is 3.65. The first kappa shape index (κ1) is 15.6. The molecule has 2 aromatic rings. The summed E-state index contributed by atoms with van der Waals surface area (Å²) >= 11 is 11.5. The van der Waals surface area contributed by atoms with Gasteiger partial charge in [0.2, 0.25) is 5.88 Å². The molecule has 2 rings (SSSR count). The van der Waals surface area contributed by atoms with E-state index in [1.54, 1.807) is 0 Å². The Bertz CT molecular complexity index is 631. The lowest BCUT2D eigenvalue weighted by molar-refractivity contribution is 0.307. The van der Waals surface area contributed by atoms with Crippen LogP contribution in [-0.4, -0.2) is 16.6 Å². The van der Waals surface area contributed by atoms with Gasteiger partial charge in [-0.2, -0.15) is 4.98 Å². The van der Waals surface area contributed by atoms with E-state index in [-0.39, 0.29) is 21.6 Å². The molecule has 1 aromatic heterocycles. The molecule has 0 saturated carbocycles. The van der Waals surface area contributed by atoms with Gasteiger partial charge in [0.25, 0.3) is 0 Å². The van der Waals surface area contributed by atoms with E-state index >= 15 is 0 Å². The van der Waals surface area contributed by atoms with Crippen LogP contribution in [0.4, 0.5) is 21.6 Å². The van der Waals surface area contributed by atoms with Crippen LogP contribution in [0.3, 0.4) is 0 Å². The number of nitrogens with zero attached hydrogens (tertiary/aromatic N) is 2. The van der Waals surface area contributed by atoms with Crippen LogP contribution in [0.2, 0.25) is 10.0 Å². The van der Waals surface area contributed by atoms with Crippen LogP contribution in [-0.2, 0) is 0 Å². The number of hydrogen-bond acceptors (Lipinski definition) is 5. The summed E-state index contributed by atoms with van der Waals surface area (Å²) in [5.41, 5.74) is 6.63. The number of rotatable bonds is 5.